The molecule has 3 N–H and O–H groups in total. The predicted octanol–water partition coefficient (Wildman–Crippen LogP) is 13.7. The van der Waals surface area contributed by atoms with Crippen LogP contribution in [0.15, 0.2) is 73.3 Å². The number of aromatic nitrogens is 6. The highest BCUT2D eigenvalue weighted by Crippen LogP contribution is 2.37. The number of hydrogen-bond donors (Lipinski definition) is 3. The summed E-state index contributed by atoms with van der Waals surface area (Å²) in [4.78, 5) is 36.8. The van der Waals surface area contributed by atoms with Crippen molar-refractivity contribution >= 4 is 51.3 Å². The molecular formula is C55H70Cl2F6N6O8Si2+2. The van der Waals surface area contributed by atoms with E-state index in [0.29, 0.717) is 35.8 Å². The molecule has 0 aliphatic carbocycles. The maximum atomic E-state index is 13.5. The minimum Gasteiger partial charge on any atom is -0.481 e. The largest absolute Gasteiger partial charge is 0.481 e. The number of aliphatic carboxylic acids is 1. The van der Waals surface area contributed by atoms with Crippen molar-refractivity contribution in [3.63, 3.8) is 0 Å². The fourth-order valence-corrected chi connectivity index (χ4v) is 9.45. The van der Waals surface area contributed by atoms with Crippen molar-refractivity contribution in [3.8, 4) is 56.8 Å². The zero-order chi connectivity index (χ0) is 59.1. The second kappa shape index (κ2) is 25.8. The summed E-state index contributed by atoms with van der Waals surface area (Å²) >= 11 is 13.2. The lowest BCUT2D eigenvalue weighted by molar-refractivity contribution is -0.722. The number of nitrogens with zero attached hydrogens (tertiary/aromatic N) is 4. The number of carbonyl (C=O) groups excluding carboxylic acids is 1. The smallest absolute Gasteiger partial charge is 0.457 e. The minimum atomic E-state index is -4.56. The Hall–Kier alpha value is -5.79. The summed E-state index contributed by atoms with van der Waals surface area (Å²) in [5.41, 5.74) is 1.73. The fourth-order valence-electron chi connectivity index (χ4n) is 7.40. The van der Waals surface area contributed by atoms with Crippen LogP contribution in [-0.4, -0.2) is 86.7 Å². The van der Waals surface area contributed by atoms with E-state index < -0.39 is 56.7 Å². The number of H-pyrrole nitrogens is 2. The number of alkyl halides is 6. The number of carboxylic acids is 1. The molecule has 2 aromatic carbocycles. The van der Waals surface area contributed by atoms with Gasteiger partial charge < -0.3 is 28.8 Å². The highest BCUT2D eigenvalue weighted by atomic mass is 35.5. The molecule has 430 valence electrons. The molecular weight excluding hydrogens is 1110 g/mol. The van der Waals surface area contributed by atoms with E-state index >= 15 is 0 Å². The van der Waals surface area contributed by atoms with Gasteiger partial charge in [-0.3, -0.25) is 9.59 Å². The molecule has 0 spiro atoms. The van der Waals surface area contributed by atoms with Gasteiger partial charge >= 0.3 is 24.3 Å². The Morgan fingerprint density at radius 3 is 1.32 bits per heavy atom. The SMILES string of the molecule is COC(=O)C(C)(C)COc1cc(C)c(-c2ccc(-c3[nH]c(C(F)(F)F)c[n+]3COCC[Si](C)(C)C)c(Cl)c2)cn1.Cc1cc(OCC(C)(C)C(=O)O)ncc1-c1ccc(-c2[nH]c(C(F)(F)F)c[n+]2COCC[Si](C)(C)C)c(Cl)c1. The first-order chi connectivity index (χ1) is 36.5. The van der Waals surface area contributed by atoms with Gasteiger partial charge in [-0.2, -0.15) is 26.3 Å². The molecule has 0 fully saturated rings. The van der Waals surface area contributed by atoms with Crippen molar-refractivity contribution < 1.29 is 73.9 Å². The number of pyridine rings is 2. The Kier molecular flexibility index (Phi) is 20.9. The van der Waals surface area contributed by atoms with E-state index in [-0.39, 0.29) is 60.2 Å². The second-order valence-electron chi connectivity index (χ2n) is 22.9. The number of ether oxygens (including phenoxy) is 5. The summed E-state index contributed by atoms with van der Waals surface area (Å²) in [6.45, 7) is 24.4. The predicted molar refractivity (Wildman–Crippen MR) is 295 cm³/mol. The Morgan fingerprint density at radius 2 is 1.00 bits per heavy atom. The van der Waals surface area contributed by atoms with Crippen LogP contribution in [0.5, 0.6) is 11.8 Å². The van der Waals surface area contributed by atoms with E-state index in [1.165, 1.54) is 16.2 Å². The van der Waals surface area contributed by atoms with Crippen molar-refractivity contribution in [1.29, 1.82) is 0 Å². The normalized spacial score (nSPS) is 12.5. The first kappa shape index (κ1) is 64.0. The van der Waals surface area contributed by atoms with Crippen molar-refractivity contribution in [1.82, 2.24) is 19.9 Å². The number of aryl methyl sites for hydroxylation is 2. The number of carbonyl (C=O) groups is 2. The molecule has 0 unspecified atom stereocenters. The third-order valence-corrected chi connectivity index (χ3v) is 16.5. The summed E-state index contributed by atoms with van der Waals surface area (Å²) in [6, 6.07) is 15.4. The summed E-state index contributed by atoms with van der Waals surface area (Å²) in [6.07, 6.45) is -3.90. The van der Waals surface area contributed by atoms with Crippen molar-refractivity contribution in [3.05, 3.63) is 106 Å². The van der Waals surface area contributed by atoms with Crippen LogP contribution in [0.1, 0.15) is 50.2 Å². The average Bonchev–Trinajstić information content (AvgIpc) is 4.05. The van der Waals surface area contributed by atoms with Crippen LogP contribution < -0.4 is 18.6 Å². The molecule has 0 amide bonds. The number of hydrogen-bond acceptors (Lipinski definition) is 9. The van der Waals surface area contributed by atoms with Crippen LogP contribution in [-0.2, 0) is 49.6 Å². The summed E-state index contributed by atoms with van der Waals surface area (Å²) < 4.78 is 111. The Balaban J connectivity index is 0.000000291. The maximum Gasteiger partial charge on any atom is 0.457 e. The van der Waals surface area contributed by atoms with Gasteiger partial charge in [-0.25, -0.2) is 29.1 Å². The average molecular weight is 1180 g/mol. The monoisotopic (exact) mass is 1180 g/mol. The molecule has 0 radical (unpaired) electrons. The minimum absolute atomic E-state index is 0.0399. The lowest BCUT2D eigenvalue weighted by Crippen LogP contribution is -2.36. The van der Waals surface area contributed by atoms with Crippen LogP contribution >= 0.6 is 23.2 Å². The van der Waals surface area contributed by atoms with Crippen LogP contribution in [0.25, 0.3) is 45.0 Å². The number of halogens is 8. The van der Waals surface area contributed by atoms with E-state index in [4.69, 9.17) is 46.9 Å². The fraction of sp³-hybridized carbons (Fsp3) is 0.455. The molecule has 4 aromatic heterocycles. The van der Waals surface area contributed by atoms with Crippen molar-refractivity contribution in [2.24, 2.45) is 10.8 Å². The first-order valence-electron chi connectivity index (χ1n) is 25.2. The van der Waals surface area contributed by atoms with Gasteiger partial charge in [-0.05, 0) is 100 Å². The molecule has 6 rings (SSSR count). The third-order valence-electron chi connectivity index (χ3n) is 12.4. The van der Waals surface area contributed by atoms with E-state index in [1.54, 1.807) is 88.6 Å². The first-order valence-corrected chi connectivity index (χ1v) is 33.3. The molecule has 0 saturated heterocycles. The van der Waals surface area contributed by atoms with E-state index in [0.717, 1.165) is 52.3 Å². The maximum absolute atomic E-state index is 13.5. The van der Waals surface area contributed by atoms with Gasteiger partial charge in [0.05, 0.1) is 39.1 Å². The Morgan fingerprint density at radius 1 is 0.620 bits per heavy atom. The standard InChI is InChI=1S/C28H35ClF3N3O4Si.C27H33ClF3N3O4Si/c1-18-12-24(39-16-27(2,3)26(36)37-4)33-14-21(18)19-8-9-20(22(29)13-19)25-34-23(28(30,31)32)15-35(25)17-38-10-11-40(5,6)7;1-17-11-23(38-15-26(2,3)25(35)36)32-13-20(17)18-7-8-19(21(28)12-18)24-33-22(27(29,30)31)14-34(24)16-37-9-10-39(4,5)6/h8-9,12-15H,10-11,16-17H2,1-7H3;7-8,11-14H,9-10,15-16H2,1-6H3,(H,35,36)/p+2. The van der Waals surface area contributed by atoms with Gasteiger partial charge in [0, 0.05) is 65.0 Å². The number of esters is 1. The lowest BCUT2D eigenvalue weighted by Gasteiger charge is -2.21. The van der Waals surface area contributed by atoms with Crippen LogP contribution in [0.2, 0.25) is 61.4 Å². The summed E-state index contributed by atoms with van der Waals surface area (Å²) in [7, 11) is -1.37. The van der Waals surface area contributed by atoms with Gasteiger partial charge in [0.1, 0.15) is 25.6 Å². The van der Waals surface area contributed by atoms with Gasteiger partial charge in [-0.1, -0.05) is 74.6 Å². The topological polar surface area (TPSA) is 166 Å². The quantitative estimate of drug-likeness (QED) is 0.0196. The second-order valence-corrected chi connectivity index (χ2v) is 34.9. The van der Waals surface area contributed by atoms with Gasteiger partial charge in [0.25, 0.3) is 11.6 Å². The third kappa shape index (κ3) is 18.1. The number of methoxy groups -OCH3 is 1. The number of aromatic amines is 2. The molecule has 79 heavy (non-hydrogen) atoms. The lowest BCUT2D eigenvalue weighted by atomic mass is 9.95. The van der Waals surface area contributed by atoms with Gasteiger partial charge in [0.15, 0.2) is 13.5 Å². The number of carboxylic acid groups (broad SMARTS) is 1. The molecule has 0 saturated carbocycles. The van der Waals surface area contributed by atoms with Crippen molar-refractivity contribution in [2.45, 2.75) is 119 Å². The van der Waals surface area contributed by atoms with E-state index in [2.05, 4.69) is 59.2 Å². The zero-order valence-electron chi connectivity index (χ0n) is 46.7. The molecule has 24 heteroatoms. The summed E-state index contributed by atoms with van der Waals surface area (Å²) in [5, 5.41) is 9.78. The van der Waals surface area contributed by atoms with Crippen LogP contribution in [0.3, 0.4) is 0 Å². The number of benzene rings is 2. The Labute approximate surface area is 468 Å². The molecule has 14 nitrogen and oxygen atoms in total. The molecule has 6 aromatic rings. The van der Waals surface area contributed by atoms with E-state index in [9.17, 15) is 41.0 Å². The molecule has 0 aliphatic heterocycles. The number of nitrogens with one attached hydrogen (secondary N) is 2. The van der Waals surface area contributed by atoms with Crippen molar-refractivity contribution in [2.75, 3.05) is 33.5 Å². The highest BCUT2D eigenvalue weighted by Gasteiger charge is 2.41. The zero-order valence-corrected chi connectivity index (χ0v) is 50.2. The Bertz CT molecular complexity index is 3100. The number of imidazole rings is 2. The highest BCUT2D eigenvalue weighted by molar-refractivity contribution is 6.76. The molecule has 0 aliphatic rings. The van der Waals surface area contributed by atoms with Crippen LogP contribution in [0, 0.1) is 24.7 Å². The number of rotatable bonds is 22. The molecule has 0 atom stereocenters. The molecule has 0 bridgehead atoms. The van der Waals surface area contributed by atoms with Gasteiger partial charge in [-0.15, -0.1) is 0 Å². The molecule has 4 heterocycles. The van der Waals surface area contributed by atoms with Crippen LogP contribution in [0.4, 0.5) is 26.3 Å². The van der Waals surface area contributed by atoms with Gasteiger partial charge in [0.2, 0.25) is 23.1 Å². The van der Waals surface area contributed by atoms with E-state index in [1.807, 2.05) is 13.8 Å². The summed E-state index contributed by atoms with van der Waals surface area (Å²) in [5.74, 6) is -0.346.